The van der Waals surface area contributed by atoms with Gasteiger partial charge in [0, 0.05) is 51.7 Å². The van der Waals surface area contributed by atoms with Gasteiger partial charge < -0.3 is 14.5 Å². The third kappa shape index (κ3) is 5.58. The van der Waals surface area contributed by atoms with Gasteiger partial charge in [0.2, 0.25) is 15.9 Å². The van der Waals surface area contributed by atoms with Crippen molar-refractivity contribution in [1.82, 2.24) is 19.2 Å². The normalized spacial score (nSPS) is 20.3. The fourth-order valence-corrected chi connectivity index (χ4v) is 5.63. The van der Waals surface area contributed by atoms with Crippen LogP contribution >= 0.6 is 0 Å². The van der Waals surface area contributed by atoms with Crippen molar-refractivity contribution in [1.29, 1.82) is 0 Å². The van der Waals surface area contributed by atoms with E-state index in [0.29, 0.717) is 6.54 Å². The fourth-order valence-electron chi connectivity index (χ4n) is 4.21. The standard InChI is InChI=1S/C21H24F3N5O4S/c22-21(23,24)33-17-3-5-18(6-4-17)34(31,32)29-12-10-27(11-13-29)20(30)16-2-1-9-28(15-16)19-14-25-7-8-26-19/h3-8,14,16H,1-2,9-13,15H2. The summed E-state index contributed by atoms with van der Waals surface area (Å²) in [7, 11) is -3.91. The van der Waals surface area contributed by atoms with Crippen molar-refractivity contribution >= 4 is 21.7 Å². The maximum Gasteiger partial charge on any atom is 0.573 e. The predicted octanol–water partition coefficient (Wildman–Crippen LogP) is 2.12. The number of rotatable bonds is 5. The van der Waals surface area contributed by atoms with Gasteiger partial charge in [-0.3, -0.25) is 9.78 Å². The molecule has 4 rings (SSSR count). The molecule has 3 heterocycles. The van der Waals surface area contributed by atoms with E-state index in [9.17, 15) is 26.4 Å². The van der Waals surface area contributed by atoms with E-state index < -0.39 is 22.1 Å². The molecule has 0 N–H and O–H groups in total. The number of piperazine rings is 1. The lowest BCUT2D eigenvalue weighted by Gasteiger charge is -2.38. The third-order valence-corrected chi connectivity index (χ3v) is 7.80. The first-order valence-corrected chi connectivity index (χ1v) is 12.2. The Hall–Kier alpha value is -2.93. The van der Waals surface area contributed by atoms with Gasteiger partial charge in [-0.2, -0.15) is 4.31 Å². The van der Waals surface area contributed by atoms with E-state index in [0.717, 1.165) is 49.5 Å². The second kappa shape index (κ2) is 9.74. The number of carbonyl (C=O) groups excluding carboxylic acids is 1. The Balaban J connectivity index is 1.34. The number of nitrogens with zero attached hydrogens (tertiary/aromatic N) is 5. The summed E-state index contributed by atoms with van der Waals surface area (Å²) in [5.41, 5.74) is 0. The Labute approximate surface area is 195 Å². The number of amides is 1. The second-order valence-corrected chi connectivity index (χ2v) is 10.0. The predicted molar refractivity (Wildman–Crippen MR) is 115 cm³/mol. The highest BCUT2D eigenvalue weighted by atomic mass is 32.2. The van der Waals surface area contributed by atoms with Crippen LogP contribution in [0.3, 0.4) is 0 Å². The first kappa shape index (κ1) is 24.2. The SMILES string of the molecule is O=C(C1CCCN(c2cnccn2)C1)N1CCN(S(=O)(=O)c2ccc(OC(F)(F)F)cc2)CC1. The number of piperidine rings is 1. The molecule has 0 aliphatic carbocycles. The summed E-state index contributed by atoms with van der Waals surface area (Å²) in [4.78, 5) is 25.1. The van der Waals surface area contributed by atoms with Crippen LogP contribution in [0.15, 0.2) is 47.8 Å². The van der Waals surface area contributed by atoms with E-state index >= 15 is 0 Å². The van der Waals surface area contributed by atoms with E-state index in [1.54, 1.807) is 23.5 Å². The quantitative estimate of drug-likeness (QED) is 0.622. The molecule has 2 fully saturated rings. The number of benzene rings is 1. The van der Waals surface area contributed by atoms with E-state index in [-0.39, 0.29) is 42.9 Å². The summed E-state index contributed by atoms with van der Waals surface area (Å²) in [6.07, 6.45) is 1.60. The number of anilines is 1. The first-order valence-electron chi connectivity index (χ1n) is 10.8. The number of ether oxygens (including phenoxy) is 1. The van der Waals surface area contributed by atoms with Crippen LogP contribution in [0.1, 0.15) is 12.8 Å². The minimum atomic E-state index is -4.85. The molecule has 1 aromatic heterocycles. The molecule has 0 bridgehead atoms. The zero-order valence-electron chi connectivity index (χ0n) is 18.2. The number of carbonyl (C=O) groups is 1. The van der Waals surface area contributed by atoms with Crippen LogP contribution in [-0.4, -0.2) is 79.1 Å². The van der Waals surface area contributed by atoms with Gasteiger partial charge in [0.1, 0.15) is 11.6 Å². The van der Waals surface area contributed by atoms with Crippen molar-refractivity contribution in [2.45, 2.75) is 24.1 Å². The highest BCUT2D eigenvalue weighted by Gasteiger charge is 2.35. The van der Waals surface area contributed by atoms with Gasteiger partial charge in [0.15, 0.2) is 0 Å². The maximum absolute atomic E-state index is 13.1. The van der Waals surface area contributed by atoms with Crippen LogP contribution in [0.2, 0.25) is 0 Å². The van der Waals surface area contributed by atoms with E-state index in [2.05, 4.69) is 14.7 Å². The van der Waals surface area contributed by atoms with Crippen molar-refractivity contribution in [3.63, 3.8) is 0 Å². The lowest BCUT2D eigenvalue weighted by Crippen LogP contribution is -2.53. The zero-order chi connectivity index (χ0) is 24.3. The van der Waals surface area contributed by atoms with Gasteiger partial charge in [0.25, 0.3) is 0 Å². The molecule has 1 atom stereocenters. The number of alkyl halides is 3. The van der Waals surface area contributed by atoms with Crippen LogP contribution in [0.25, 0.3) is 0 Å². The van der Waals surface area contributed by atoms with Crippen molar-refractivity contribution in [2.75, 3.05) is 44.2 Å². The van der Waals surface area contributed by atoms with E-state index in [1.165, 1.54) is 4.31 Å². The van der Waals surface area contributed by atoms with E-state index in [1.807, 2.05) is 4.90 Å². The summed E-state index contributed by atoms with van der Waals surface area (Å²) >= 11 is 0. The van der Waals surface area contributed by atoms with Crippen molar-refractivity contribution < 1.29 is 31.1 Å². The monoisotopic (exact) mass is 499 g/mol. The van der Waals surface area contributed by atoms with Crippen LogP contribution in [0, 0.1) is 5.92 Å². The number of halogens is 3. The highest BCUT2D eigenvalue weighted by molar-refractivity contribution is 7.89. The van der Waals surface area contributed by atoms with Crippen LogP contribution in [0.5, 0.6) is 5.75 Å². The summed E-state index contributed by atoms with van der Waals surface area (Å²) in [6.45, 7) is 2.03. The Kier molecular flexibility index (Phi) is 6.94. The summed E-state index contributed by atoms with van der Waals surface area (Å²) in [6, 6.07) is 4.09. The molecule has 2 saturated heterocycles. The Morgan fingerprint density at radius 3 is 2.35 bits per heavy atom. The molecule has 1 aromatic carbocycles. The van der Waals surface area contributed by atoms with Gasteiger partial charge in [-0.05, 0) is 37.1 Å². The van der Waals surface area contributed by atoms with Crippen LogP contribution in [0.4, 0.5) is 19.0 Å². The van der Waals surface area contributed by atoms with Gasteiger partial charge in [-0.25, -0.2) is 13.4 Å². The minimum Gasteiger partial charge on any atom is -0.406 e. The molecular weight excluding hydrogens is 475 g/mol. The first-order chi connectivity index (χ1) is 16.1. The summed E-state index contributed by atoms with van der Waals surface area (Å²) in [5.74, 6) is 0.00632. The minimum absolute atomic E-state index is 0.0145. The molecule has 1 unspecified atom stereocenters. The number of hydrogen-bond acceptors (Lipinski definition) is 7. The third-order valence-electron chi connectivity index (χ3n) is 5.89. The largest absolute Gasteiger partial charge is 0.573 e. The zero-order valence-corrected chi connectivity index (χ0v) is 19.0. The molecule has 34 heavy (non-hydrogen) atoms. The molecule has 13 heteroatoms. The Morgan fingerprint density at radius 2 is 1.74 bits per heavy atom. The van der Waals surface area contributed by atoms with Gasteiger partial charge in [-0.1, -0.05) is 0 Å². The van der Waals surface area contributed by atoms with Crippen LogP contribution < -0.4 is 9.64 Å². The molecular formula is C21H24F3N5O4S. The molecule has 9 nitrogen and oxygen atoms in total. The number of sulfonamides is 1. The lowest BCUT2D eigenvalue weighted by molar-refractivity contribution is -0.274. The second-order valence-electron chi connectivity index (χ2n) is 8.10. The molecule has 2 aromatic rings. The Morgan fingerprint density at radius 1 is 1.03 bits per heavy atom. The summed E-state index contributed by atoms with van der Waals surface area (Å²) in [5, 5.41) is 0. The molecule has 1 amide bonds. The van der Waals surface area contributed by atoms with Crippen LogP contribution in [-0.2, 0) is 14.8 Å². The molecule has 0 saturated carbocycles. The number of hydrogen-bond donors (Lipinski definition) is 0. The van der Waals surface area contributed by atoms with E-state index in [4.69, 9.17) is 0 Å². The topological polar surface area (TPSA) is 95.9 Å². The average Bonchev–Trinajstić information content (AvgIpc) is 2.84. The summed E-state index contributed by atoms with van der Waals surface area (Å²) < 4.78 is 67.8. The van der Waals surface area contributed by atoms with Crippen molar-refractivity contribution in [3.8, 4) is 5.75 Å². The number of aromatic nitrogens is 2. The maximum atomic E-state index is 13.1. The van der Waals surface area contributed by atoms with Gasteiger partial charge in [0.05, 0.1) is 17.0 Å². The van der Waals surface area contributed by atoms with Gasteiger partial charge >= 0.3 is 6.36 Å². The lowest BCUT2D eigenvalue weighted by atomic mass is 9.96. The average molecular weight is 500 g/mol. The van der Waals surface area contributed by atoms with Crippen molar-refractivity contribution in [3.05, 3.63) is 42.9 Å². The molecule has 2 aliphatic heterocycles. The highest BCUT2D eigenvalue weighted by Crippen LogP contribution is 2.27. The Bertz CT molecular complexity index is 1090. The molecule has 0 radical (unpaired) electrons. The molecule has 2 aliphatic rings. The van der Waals surface area contributed by atoms with Crippen molar-refractivity contribution in [2.24, 2.45) is 5.92 Å². The fraction of sp³-hybridized carbons (Fsp3) is 0.476. The molecule has 184 valence electrons. The molecule has 0 spiro atoms. The van der Waals surface area contributed by atoms with Gasteiger partial charge in [-0.15, -0.1) is 13.2 Å². The smallest absolute Gasteiger partial charge is 0.406 e.